The maximum absolute atomic E-state index is 13.1. The van der Waals surface area contributed by atoms with Gasteiger partial charge in [-0.1, -0.05) is 12.1 Å². The second-order valence-electron chi connectivity index (χ2n) is 4.47. The predicted molar refractivity (Wildman–Crippen MR) is 74.3 cm³/mol. The topological polar surface area (TPSA) is 86.5 Å². The Bertz CT molecular complexity index is 750. The highest BCUT2D eigenvalue weighted by Gasteiger charge is 2.10. The van der Waals surface area contributed by atoms with E-state index in [2.05, 4.69) is 25.5 Å². The summed E-state index contributed by atoms with van der Waals surface area (Å²) in [6.07, 6.45) is 3.64. The van der Waals surface area contributed by atoms with Crippen molar-refractivity contribution in [3.63, 3.8) is 0 Å². The van der Waals surface area contributed by atoms with Gasteiger partial charge in [0.1, 0.15) is 11.6 Å². The van der Waals surface area contributed by atoms with Gasteiger partial charge in [-0.25, -0.2) is 4.39 Å². The average molecular weight is 285 g/mol. The molecule has 0 atom stereocenters. The van der Waals surface area contributed by atoms with Crippen LogP contribution in [0.4, 0.5) is 10.3 Å². The SMILES string of the molecule is O=C(Nc1n[nH]c(Cc2cccc(F)c2)n1)c1cc[nH]c1. The number of nitrogens with one attached hydrogen (secondary N) is 3. The lowest BCUT2D eigenvalue weighted by Crippen LogP contribution is -2.12. The number of benzene rings is 1. The molecule has 0 saturated carbocycles. The predicted octanol–water partition coefficient (Wildman–Crippen LogP) is 2.11. The minimum absolute atomic E-state index is 0.188. The Labute approximate surface area is 119 Å². The van der Waals surface area contributed by atoms with E-state index in [0.29, 0.717) is 17.8 Å². The Kier molecular flexibility index (Phi) is 3.46. The Morgan fingerprint density at radius 2 is 2.24 bits per heavy atom. The quantitative estimate of drug-likeness (QED) is 0.686. The highest BCUT2D eigenvalue weighted by atomic mass is 19.1. The van der Waals surface area contributed by atoms with Crippen LogP contribution in [0.1, 0.15) is 21.7 Å². The number of halogens is 1. The van der Waals surface area contributed by atoms with Crippen molar-refractivity contribution in [1.82, 2.24) is 20.2 Å². The highest BCUT2D eigenvalue weighted by molar-refractivity contribution is 6.03. The molecular weight excluding hydrogens is 273 g/mol. The smallest absolute Gasteiger partial charge is 0.259 e. The molecule has 0 unspecified atom stereocenters. The summed E-state index contributed by atoms with van der Waals surface area (Å²) in [5, 5.41) is 9.21. The molecule has 0 fully saturated rings. The summed E-state index contributed by atoms with van der Waals surface area (Å²) in [5.74, 6) is 0.137. The molecule has 0 radical (unpaired) electrons. The Balaban J connectivity index is 1.68. The zero-order chi connectivity index (χ0) is 14.7. The Morgan fingerprint density at radius 3 is 3.00 bits per heavy atom. The van der Waals surface area contributed by atoms with Gasteiger partial charge in [0.2, 0.25) is 5.95 Å². The van der Waals surface area contributed by atoms with Gasteiger partial charge in [-0.05, 0) is 23.8 Å². The Morgan fingerprint density at radius 1 is 1.33 bits per heavy atom. The summed E-state index contributed by atoms with van der Waals surface area (Å²) in [4.78, 5) is 18.8. The summed E-state index contributed by atoms with van der Waals surface area (Å²) in [5.41, 5.74) is 1.26. The molecule has 0 spiro atoms. The van der Waals surface area contributed by atoms with Crippen LogP contribution in [-0.4, -0.2) is 26.1 Å². The number of nitrogens with zero attached hydrogens (tertiary/aromatic N) is 2. The third kappa shape index (κ3) is 3.14. The molecule has 0 aliphatic rings. The van der Waals surface area contributed by atoms with Gasteiger partial charge in [-0.2, -0.15) is 4.98 Å². The number of anilines is 1. The van der Waals surface area contributed by atoms with Crippen molar-refractivity contribution in [1.29, 1.82) is 0 Å². The monoisotopic (exact) mass is 285 g/mol. The second kappa shape index (κ2) is 5.58. The van der Waals surface area contributed by atoms with Gasteiger partial charge in [0.25, 0.3) is 5.91 Å². The molecule has 0 aliphatic heterocycles. The Hall–Kier alpha value is -2.96. The van der Waals surface area contributed by atoms with Crippen LogP contribution in [0.2, 0.25) is 0 Å². The van der Waals surface area contributed by atoms with E-state index in [-0.39, 0.29) is 17.7 Å². The molecule has 2 heterocycles. The van der Waals surface area contributed by atoms with Gasteiger partial charge in [-0.3, -0.25) is 15.2 Å². The number of amides is 1. The highest BCUT2D eigenvalue weighted by Crippen LogP contribution is 2.09. The third-order valence-electron chi connectivity index (χ3n) is 2.88. The summed E-state index contributed by atoms with van der Waals surface area (Å²) >= 11 is 0. The van der Waals surface area contributed by atoms with Crippen molar-refractivity contribution in [3.05, 3.63) is 65.5 Å². The van der Waals surface area contributed by atoms with Gasteiger partial charge in [-0.15, -0.1) is 5.10 Å². The zero-order valence-electron chi connectivity index (χ0n) is 10.9. The fourth-order valence-electron chi connectivity index (χ4n) is 1.91. The number of H-pyrrole nitrogens is 2. The molecule has 0 aliphatic carbocycles. The number of aromatic nitrogens is 4. The molecule has 3 N–H and O–H groups in total. The number of hydrogen-bond acceptors (Lipinski definition) is 3. The summed E-state index contributed by atoms with van der Waals surface area (Å²) in [7, 11) is 0. The minimum atomic E-state index is -0.299. The van der Waals surface area contributed by atoms with Crippen LogP contribution in [0.15, 0.2) is 42.7 Å². The van der Waals surface area contributed by atoms with E-state index in [0.717, 1.165) is 5.56 Å². The molecule has 21 heavy (non-hydrogen) atoms. The summed E-state index contributed by atoms with van der Waals surface area (Å²) < 4.78 is 13.1. The van der Waals surface area contributed by atoms with Crippen molar-refractivity contribution in [2.75, 3.05) is 5.32 Å². The molecular formula is C14H12FN5O. The van der Waals surface area contributed by atoms with Gasteiger partial charge in [0.15, 0.2) is 0 Å². The van der Waals surface area contributed by atoms with E-state index < -0.39 is 0 Å². The molecule has 6 nitrogen and oxygen atoms in total. The largest absolute Gasteiger partial charge is 0.367 e. The van der Waals surface area contributed by atoms with Gasteiger partial charge >= 0.3 is 0 Å². The standard InChI is InChI=1S/C14H12FN5O/c15-11-3-1-2-9(6-11)7-12-17-14(20-19-12)18-13(21)10-4-5-16-8-10/h1-6,8,16H,7H2,(H2,17,18,19,20,21). The zero-order valence-corrected chi connectivity index (χ0v) is 10.9. The van der Waals surface area contributed by atoms with E-state index in [1.54, 1.807) is 30.6 Å². The molecule has 0 bridgehead atoms. The van der Waals surface area contributed by atoms with Crippen molar-refractivity contribution in [3.8, 4) is 0 Å². The van der Waals surface area contributed by atoms with Crippen LogP contribution < -0.4 is 5.32 Å². The molecule has 1 aromatic carbocycles. The molecule has 2 aromatic heterocycles. The number of aromatic amines is 2. The molecule has 106 valence electrons. The summed E-state index contributed by atoms with van der Waals surface area (Å²) in [6.45, 7) is 0. The number of hydrogen-bond donors (Lipinski definition) is 3. The van der Waals surface area contributed by atoms with Crippen molar-refractivity contribution in [2.45, 2.75) is 6.42 Å². The lowest BCUT2D eigenvalue weighted by molar-refractivity contribution is 0.102. The first kappa shape index (κ1) is 13.0. The molecule has 3 rings (SSSR count). The van der Waals surface area contributed by atoms with Crippen molar-refractivity contribution in [2.24, 2.45) is 0 Å². The fourth-order valence-corrected chi connectivity index (χ4v) is 1.91. The van der Waals surface area contributed by atoms with Crippen LogP contribution >= 0.6 is 0 Å². The van der Waals surface area contributed by atoms with E-state index >= 15 is 0 Å². The van der Waals surface area contributed by atoms with Crippen LogP contribution in [0.3, 0.4) is 0 Å². The van der Waals surface area contributed by atoms with E-state index in [1.807, 2.05) is 0 Å². The lowest BCUT2D eigenvalue weighted by atomic mass is 10.1. The van der Waals surface area contributed by atoms with E-state index in [4.69, 9.17) is 0 Å². The minimum Gasteiger partial charge on any atom is -0.367 e. The molecule has 0 saturated heterocycles. The molecule has 1 amide bonds. The van der Waals surface area contributed by atoms with Crippen molar-refractivity contribution >= 4 is 11.9 Å². The average Bonchev–Trinajstić information content (AvgIpc) is 3.10. The summed E-state index contributed by atoms with van der Waals surface area (Å²) in [6, 6.07) is 7.89. The maximum atomic E-state index is 13.1. The van der Waals surface area contributed by atoms with Crippen LogP contribution in [0.25, 0.3) is 0 Å². The van der Waals surface area contributed by atoms with Crippen LogP contribution in [0, 0.1) is 5.82 Å². The van der Waals surface area contributed by atoms with Gasteiger partial charge < -0.3 is 4.98 Å². The van der Waals surface area contributed by atoms with Crippen molar-refractivity contribution < 1.29 is 9.18 Å². The van der Waals surface area contributed by atoms with Gasteiger partial charge in [0, 0.05) is 18.8 Å². The number of rotatable bonds is 4. The lowest BCUT2D eigenvalue weighted by Gasteiger charge is -1.98. The number of carbonyl (C=O) groups excluding carboxylic acids is 1. The fraction of sp³-hybridized carbons (Fsp3) is 0.0714. The molecule has 7 heteroatoms. The van der Waals surface area contributed by atoms with E-state index in [1.165, 1.54) is 12.1 Å². The molecule has 3 aromatic rings. The van der Waals surface area contributed by atoms with Crippen LogP contribution in [0.5, 0.6) is 0 Å². The maximum Gasteiger partial charge on any atom is 0.259 e. The second-order valence-corrected chi connectivity index (χ2v) is 4.47. The normalized spacial score (nSPS) is 10.5. The third-order valence-corrected chi connectivity index (χ3v) is 2.88. The number of carbonyl (C=O) groups is 1. The van der Waals surface area contributed by atoms with Gasteiger partial charge in [0.05, 0.1) is 5.56 Å². The first-order chi connectivity index (χ1) is 10.2. The van der Waals surface area contributed by atoms with Crippen LogP contribution in [-0.2, 0) is 6.42 Å². The first-order valence-electron chi connectivity index (χ1n) is 6.30. The van der Waals surface area contributed by atoms with E-state index in [9.17, 15) is 9.18 Å². The first-order valence-corrected chi connectivity index (χ1v) is 6.30.